The van der Waals surface area contributed by atoms with Crippen molar-refractivity contribution in [3.05, 3.63) is 65.7 Å². The first-order valence-electron chi connectivity index (χ1n) is 9.74. The van der Waals surface area contributed by atoms with Crippen molar-refractivity contribution in [2.24, 2.45) is 0 Å². The fraction of sp³-hybridized carbons (Fsp3) is 0.364. The number of rotatable bonds is 3. The van der Waals surface area contributed by atoms with Crippen LogP contribution in [0, 0.1) is 0 Å². The predicted molar refractivity (Wildman–Crippen MR) is 104 cm³/mol. The fourth-order valence-corrected chi connectivity index (χ4v) is 3.97. The number of carbonyl (C=O) groups excluding carboxylic acids is 1. The second kappa shape index (κ2) is 6.72. The van der Waals surface area contributed by atoms with Gasteiger partial charge in [0.2, 0.25) is 0 Å². The molecule has 0 N–H and O–H groups in total. The summed E-state index contributed by atoms with van der Waals surface area (Å²) in [7, 11) is 0. The van der Waals surface area contributed by atoms with Crippen LogP contribution in [0.5, 0.6) is 0 Å². The molecule has 1 saturated heterocycles. The molecule has 27 heavy (non-hydrogen) atoms. The molecule has 1 amide bonds. The molecule has 4 heterocycles. The van der Waals surface area contributed by atoms with E-state index in [0.29, 0.717) is 17.4 Å². The third-order valence-corrected chi connectivity index (χ3v) is 5.76. The summed E-state index contributed by atoms with van der Waals surface area (Å²) in [6.45, 7) is 1.53. The van der Waals surface area contributed by atoms with Crippen LogP contribution in [0.3, 0.4) is 0 Å². The molecule has 2 aliphatic rings. The molecule has 5 heteroatoms. The van der Waals surface area contributed by atoms with E-state index in [1.54, 1.807) is 24.5 Å². The van der Waals surface area contributed by atoms with Gasteiger partial charge in [-0.3, -0.25) is 9.78 Å². The lowest BCUT2D eigenvalue weighted by molar-refractivity contribution is 0.0712. The minimum absolute atomic E-state index is 0.0941. The highest BCUT2D eigenvalue weighted by molar-refractivity contribution is 5.94. The summed E-state index contributed by atoms with van der Waals surface area (Å²) in [4.78, 5) is 27.9. The van der Waals surface area contributed by atoms with Gasteiger partial charge in [-0.15, -0.1) is 0 Å². The highest BCUT2D eigenvalue weighted by atomic mass is 16.2. The Hall–Kier alpha value is -2.82. The molecule has 5 nitrogen and oxygen atoms in total. The summed E-state index contributed by atoms with van der Waals surface area (Å²) in [5.74, 6) is 1.20. The summed E-state index contributed by atoms with van der Waals surface area (Å²) in [6.07, 6.45) is 9.78. The molecule has 1 saturated carbocycles. The molecule has 2 fully saturated rings. The van der Waals surface area contributed by atoms with Crippen LogP contribution >= 0.6 is 0 Å². The molecule has 0 aromatic carbocycles. The number of carbonyl (C=O) groups is 1. The van der Waals surface area contributed by atoms with Crippen LogP contribution in [0.25, 0.3) is 11.0 Å². The average molecular weight is 358 g/mol. The van der Waals surface area contributed by atoms with Crippen LogP contribution in [0.15, 0.2) is 48.9 Å². The van der Waals surface area contributed by atoms with Crippen molar-refractivity contribution in [3.8, 4) is 0 Å². The van der Waals surface area contributed by atoms with Crippen LogP contribution in [0.2, 0.25) is 0 Å². The molecule has 3 aromatic heterocycles. The second-order valence-electron chi connectivity index (χ2n) is 7.63. The smallest absolute Gasteiger partial charge is 0.253 e. The molecule has 5 rings (SSSR count). The van der Waals surface area contributed by atoms with E-state index in [-0.39, 0.29) is 5.91 Å². The van der Waals surface area contributed by atoms with Crippen LogP contribution < -0.4 is 0 Å². The Morgan fingerprint density at radius 3 is 2.48 bits per heavy atom. The summed E-state index contributed by atoms with van der Waals surface area (Å²) < 4.78 is 0. The van der Waals surface area contributed by atoms with Crippen LogP contribution in [-0.2, 0) is 0 Å². The van der Waals surface area contributed by atoms with E-state index in [9.17, 15) is 4.79 Å². The Bertz CT molecular complexity index is 976. The van der Waals surface area contributed by atoms with Gasteiger partial charge in [0.15, 0.2) is 5.65 Å². The summed E-state index contributed by atoms with van der Waals surface area (Å²) in [5, 5.41) is 1.13. The van der Waals surface area contributed by atoms with E-state index < -0.39 is 0 Å². The van der Waals surface area contributed by atoms with Gasteiger partial charge in [0.25, 0.3) is 5.91 Å². The van der Waals surface area contributed by atoms with Crippen molar-refractivity contribution < 1.29 is 4.79 Å². The van der Waals surface area contributed by atoms with Crippen molar-refractivity contribution >= 4 is 16.9 Å². The SMILES string of the molecule is O=C(c1ccncc1)N1CCC(c2ccc3cc(C4CC4)cnc3n2)CC1. The molecule has 0 unspecified atom stereocenters. The van der Waals surface area contributed by atoms with Gasteiger partial charge in [-0.1, -0.05) is 0 Å². The second-order valence-corrected chi connectivity index (χ2v) is 7.63. The molecule has 0 bridgehead atoms. The Morgan fingerprint density at radius 2 is 1.74 bits per heavy atom. The number of fused-ring (bicyclic) bond motifs is 1. The number of likely N-dealkylation sites (tertiary alicyclic amines) is 1. The van der Waals surface area contributed by atoms with Crippen molar-refractivity contribution in [2.75, 3.05) is 13.1 Å². The maximum absolute atomic E-state index is 12.6. The number of pyridine rings is 3. The zero-order valence-corrected chi connectivity index (χ0v) is 15.2. The largest absolute Gasteiger partial charge is 0.339 e. The van der Waals surface area contributed by atoms with Gasteiger partial charge in [0.1, 0.15) is 0 Å². The van der Waals surface area contributed by atoms with Gasteiger partial charge in [0.05, 0.1) is 0 Å². The first-order valence-corrected chi connectivity index (χ1v) is 9.74. The Labute approximate surface area is 158 Å². The maximum atomic E-state index is 12.6. The van der Waals surface area contributed by atoms with Gasteiger partial charge in [-0.05, 0) is 67.5 Å². The molecular weight excluding hydrogens is 336 g/mol. The van der Waals surface area contributed by atoms with Gasteiger partial charge in [0, 0.05) is 54.2 Å². The van der Waals surface area contributed by atoms with Crippen molar-refractivity contribution in [1.82, 2.24) is 19.9 Å². The molecule has 1 aliphatic heterocycles. The third-order valence-electron chi connectivity index (χ3n) is 5.76. The summed E-state index contributed by atoms with van der Waals surface area (Å²) in [6, 6.07) is 10.1. The zero-order chi connectivity index (χ0) is 18.2. The summed E-state index contributed by atoms with van der Waals surface area (Å²) >= 11 is 0. The van der Waals surface area contributed by atoms with Crippen molar-refractivity contribution in [3.63, 3.8) is 0 Å². The van der Waals surface area contributed by atoms with Gasteiger partial charge < -0.3 is 4.90 Å². The first kappa shape index (κ1) is 16.4. The number of amides is 1. The Kier molecular flexibility index (Phi) is 4.07. The standard InChI is InChI=1S/C22H22N4O/c27-22(17-5-9-23-10-6-17)26-11-7-16(8-12-26)20-4-3-18-13-19(15-1-2-15)14-24-21(18)25-20/h3-6,9-10,13-16H,1-2,7-8,11-12H2. The van der Waals surface area contributed by atoms with E-state index >= 15 is 0 Å². The molecule has 1 aliphatic carbocycles. The molecule has 0 spiro atoms. The molecule has 0 radical (unpaired) electrons. The van der Waals surface area contributed by atoms with E-state index in [0.717, 1.165) is 42.7 Å². The van der Waals surface area contributed by atoms with E-state index in [4.69, 9.17) is 4.98 Å². The van der Waals surface area contributed by atoms with Crippen molar-refractivity contribution in [1.29, 1.82) is 0 Å². The lowest BCUT2D eigenvalue weighted by Gasteiger charge is -2.31. The van der Waals surface area contributed by atoms with E-state index in [1.165, 1.54) is 18.4 Å². The minimum Gasteiger partial charge on any atom is -0.339 e. The Morgan fingerprint density at radius 1 is 0.963 bits per heavy atom. The lowest BCUT2D eigenvalue weighted by atomic mass is 9.92. The van der Waals surface area contributed by atoms with Gasteiger partial charge in [-0.2, -0.15) is 0 Å². The quantitative estimate of drug-likeness (QED) is 0.712. The number of hydrogen-bond donors (Lipinski definition) is 0. The maximum Gasteiger partial charge on any atom is 0.253 e. The lowest BCUT2D eigenvalue weighted by Crippen LogP contribution is -2.38. The molecular formula is C22H22N4O. The predicted octanol–water partition coefficient (Wildman–Crippen LogP) is 3.92. The third kappa shape index (κ3) is 3.29. The number of hydrogen-bond acceptors (Lipinski definition) is 4. The van der Waals surface area contributed by atoms with Gasteiger partial charge in [-0.25, -0.2) is 9.97 Å². The number of nitrogens with zero attached hydrogens (tertiary/aromatic N) is 4. The van der Waals surface area contributed by atoms with Crippen molar-refractivity contribution in [2.45, 2.75) is 37.5 Å². The topological polar surface area (TPSA) is 59.0 Å². The van der Waals surface area contributed by atoms with Gasteiger partial charge >= 0.3 is 0 Å². The summed E-state index contributed by atoms with van der Waals surface area (Å²) in [5.41, 5.74) is 4.00. The zero-order valence-electron chi connectivity index (χ0n) is 15.2. The van der Waals surface area contributed by atoms with Crippen LogP contribution in [0.4, 0.5) is 0 Å². The average Bonchev–Trinajstić information content (AvgIpc) is 3.59. The highest BCUT2D eigenvalue weighted by Gasteiger charge is 2.26. The highest BCUT2D eigenvalue weighted by Crippen LogP contribution is 2.40. The molecule has 3 aromatic rings. The van der Waals surface area contributed by atoms with E-state index in [2.05, 4.69) is 28.2 Å². The minimum atomic E-state index is 0.0941. The van der Waals surface area contributed by atoms with Crippen LogP contribution in [-0.4, -0.2) is 38.8 Å². The first-order chi connectivity index (χ1) is 13.3. The number of aromatic nitrogens is 3. The van der Waals surface area contributed by atoms with Crippen LogP contribution in [0.1, 0.15) is 59.1 Å². The van der Waals surface area contributed by atoms with E-state index in [1.807, 2.05) is 11.1 Å². The normalized spacial score (nSPS) is 18.0. The monoisotopic (exact) mass is 358 g/mol. The molecule has 136 valence electrons. The number of piperidine rings is 1. The fourth-order valence-electron chi connectivity index (χ4n) is 3.97. The Balaban J connectivity index is 1.29. The molecule has 0 atom stereocenters.